The van der Waals surface area contributed by atoms with Gasteiger partial charge in [-0.15, -0.1) is 0 Å². The molecule has 0 amide bonds. The Hall–Kier alpha value is -1.23. The molecule has 112 valence electrons. The average Bonchev–Trinajstić information content (AvgIpc) is 2.37. The van der Waals surface area contributed by atoms with Crippen LogP contribution in [0.1, 0.15) is 37.8 Å². The van der Waals surface area contributed by atoms with Crippen LogP contribution in [0.25, 0.3) is 0 Å². The molecule has 2 rings (SSSR count). The number of benzene rings is 1. The van der Waals surface area contributed by atoms with Crippen LogP contribution in [0.3, 0.4) is 0 Å². The van der Waals surface area contributed by atoms with Crippen LogP contribution in [0.4, 0.5) is 18.9 Å². The fourth-order valence-corrected chi connectivity index (χ4v) is 2.84. The molecule has 1 aliphatic rings. The van der Waals surface area contributed by atoms with Gasteiger partial charge in [0.15, 0.2) is 0 Å². The highest BCUT2D eigenvalue weighted by Crippen LogP contribution is 2.44. The summed E-state index contributed by atoms with van der Waals surface area (Å²) in [6.07, 6.45) is -2.33. The van der Waals surface area contributed by atoms with Crippen LogP contribution >= 0.6 is 0 Å². The monoisotopic (exact) mass is 286 g/mol. The van der Waals surface area contributed by atoms with Crippen molar-refractivity contribution in [2.45, 2.75) is 39.4 Å². The van der Waals surface area contributed by atoms with Crippen LogP contribution in [-0.4, -0.2) is 13.1 Å². The minimum Gasteiger partial charge on any atom is -0.370 e. The first-order chi connectivity index (χ1) is 9.35. The van der Waals surface area contributed by atoms with Crippen molar-refractivity contribution in [1.82, 2.24) is 0 Å². The van der Waals surface area contributed by atoms with Crippen molar-refractivity contribution in [3.05, 3.63) is 29.3 Å². The van der Waals surface area contributed by atoms with Gasteiger partial charge in [-0.2, -0.15) is 13.2 Å². The van der Waals surface area contributed by atoms with Gasteiger partial charge in [0.1, 0.15) is 0 Å². The van der Waals surface area contributed by atoms with E-state index in [4.69, 9.17) is 5.73 Å². The predicted molar refractivity (Wildman–Crippen MR) is 74.6 cm³/mol. The van der Waals surface area contributed by atoms with E-state index in [1.54, 1.807) is 12.1 Å². The highest BCUT2D eigenvalue weighted by Gasteiger charge is 2.43. The molecule has 1 aromatic rings. The number of hydrogen-bond acceptors (Lipinski definition) is 2. The van der Waals surface area contributed by atoms with E-state index in [1.165, 1.54) is 6.07 Å². The summed E-state index contributed by atoms with van der Waals surface area (Å²) in [6.45, 7) is 5.72. The molecule has 1 heterocycles. The summed E-state index contributed by atoms with van der Waals surface area (Å²) < 4.78 is 39.5. The number of halogens is 3. The van der Waals surface area contributed by atoms with E-state index in [0.29, 0.717) is 18.7 Å². The first-order valence-electron chi connectivity index (χ1n) is 7.00. The zero-order valence-electron chi connectivity index (χ0n) is 11.9. The Kier molecular flexibility index (Phi) is 4.00. The molecule has 0 spiro atoms. The minimum absolute atomic E-state index is 0.122. The number of rotatable bonds is 4. The molecule has 0 saturated carbocycles. The SMILES string of the molecule is CCC1(CC)CN(c2ccc(CN)cc2C(F)(F)F)C1. The standard InChI is InChI=1S/C15H21F3N2/c1-3-14(4-2)9-20(10-14)13-6-5-11(8-19)7-12(13)15(16,17)18/h5-7H,3-4,8-10,19H2,1-2H3. The number of anilines is 1. The Morgan fingerprint density at radius 3 is 2.25 bits per heavy atom. The molecule has 0 bridgehead atoms. The molecule has 5 heteroatoms. The van der Waals surface area contributed by atoms with Crippen molar-refractivity contribution >= 4 is 5.69 Å². The van der Waals surface area contributed by atoms with E-state index < -0.39 is 11.7 Å². The van der Waals surface area contributed by atoms with Gasteiger partial charge in [0, 0.05) is 30.7 Å². The molecule has 0 atom stereocenters. The topological polar surface area (TPSA) is 29.3 Å². The van der Waals surface area contributed by atoms with Gasteiger partial charge in [0.2, 0.25) is 0 Å². The highest BCUT2D eigenvalue weighted by atomic mass is 19.4. The number of hydrogen-bond donors (Lipinski definition) is 1. The fraction of sp³-hybridized carbons (Fsp3) is 0.600. The lowest BCUT2D eigenvalue weighted by Gasteiger charge is -2.51. The van der Waals surface area contributed by atoms with E-state index in [0.717, 1.165) is 12.8 Å². The average molecular weight is 286 g/mol. The summed E-state index contributed by atoms with van der Waals surface area (Å²) in [5.74, 6) is 0. The van der Waals surface area contributed by atoms with Gasteiger partial charge < -0.3 is 10.6 Å². The number of nitrogens with two attached hydrogens (primary N) is 1. The van der Waals surface area contributed by atoms with E-state index in [2.05, 4.69) is 13.8 Å². The van der Waals surface area contributed by atoms with Crippen LogP contribution in [0, 0.1) is 5.41 Å². The molecule has 0 aromatic heterocycles. The summed E-state index contributed by atoms with van der Waals surface area (Å²) in [5.41, 5.74) is 5.84. The molecule has 20 heavy (non-hydrogen) atoms. The second-order valence-corrected chi connectivity index (χ2v) is 5.62. The molecule has 0 unspecified atom stereocenters. The first kappa shape index (κ1) is 15.2. The summed E-state index contributed by atoms with van der Waals surface area (Å²) in [6, 6.07) is 4.41. The largest absolute Gasteiger partial charge is 0.418 e. The van der Waals surface area contributed by atoms with E-state index >= 15 is 0 Å². The van der Waals surface area contributed by atoms with E-state index in [-0.39, 0.29) is 17.6 Å². The summed E-state index contributed by atoms with van der Waals surface area (Å²) in [4.78, 5) is 1.83. The third-order valence-electron chi connectivity index (χ3n) is 4.50. The van der Waals surface area contributed by atoms with Crippen molar-refractivity contribution in [1.29, 1.82) is 0 Å². The smallest absolute Gasteiger partial charge is 0.370 e. The Labute approximate surface area is 117 Å². The molecule has 1 aromatic carbocycles. The molecule has 1 saturated heterocycles. The van der Waals surface area contributed by atoms with Crippen molar-refractivity contribution in [3.63, 3.8) is 0 Å². The molecule has 0 radical (unpaired) electrons. The van der Waals surface area contributed by atoms with Crippen LogP contribution in [0.5, 0.6) is 0 Å². The minimum atomic E-state index is -4.34. The molecule has 2 N–H and O–H groups in total. The van der Waals surface area contributed by atoms with Crippen LogP contribution in [0.15, 0.2) is 18.2 Å². The van der Waals surface area contributed by atoms with Gasteiger partial charge in [-0.25, -0.2) is 0 Å². The maximum Gasteiger partial charge on any atom is 0.418 e. The lowest BCUT2D eigenvalue weighted by atomic mass is 9.74. The van der Waals surface area contributed by atoms with Crippen molar-refractivity contribution in [3.8, 4) is 0 Å². The first-order valence-corrected chi connectivity index (χ1v) is 7.00. The molecule has 1 aliphatic heterocycles. The van der Waals surface area contributed by atoms with Crippen molar-refractivity contribution in [2.24, 2.45) is 11.1 Å². The zero-order chi connectivity index (χ0) is 15.0. The Morgan fingerprint density at radius 1 is 1.20 bits per heavy atom. The van der Waals surface area contributed by atoms with Crippen LogP contribution in [0.2, 0.25) is 0 Å². The Balaban J connectivity index is 2.30. The van der Waals surface area contributed by atoms with Crippen LogP contribution < -0.4 is 10.6 Å². The van der Waals surface area contributed by atoms with Crippen molar-refractivity contribution in [2.75, 3.05) is 18.0 Å². The van der Waals surface area contributed by atoms with Gasteiger partial charge in [0.05, 0.1) is 5.56 Å². The predicted octanol–water partition coefficient (Wildman–Crippen LogP) is 3.79. The third kappa shape index (κ3) is 2.64. The van der Waals surface area contributed by atoms with E-state index in [1.807, 2.05) is 4.90 Å². The van der Waals surface area contributed by atoms with Gasteiger partial charge in [-0.05, 0) is 30.5 Å². The van der Waals surface area contributed by atoms with Gasteiger partial charge >= 0.3 is 6.18 Å². The molecular weight excluding hydrogens is 265 g/mol. The molecule has 2 nitrogen and oxygen atoms in total. The number of nitrogens with zero attached hydrogens (tertiary/aromatic N) is 1. The quantitative estimate of drug-likeness (QED) is 0.912. The number of alkyl halides is 3. The maximum absolute atomic E-state index is 13.2. The normalized spacial score (nSPS) is 18.0. The molecule has 1 fully saturated rings. The van der Waals surface area contributed by atoms with Gasteiger partial charge in [0.25, 0.3) is 0 Å². The second-order valence-electron chi connectivity index (χ2n) is 5.62. The Morgan fingerprint density at radius 2 is 1.80 bits per heavy atom. The van der Waals surface area contributed by atoms with Crippen LogP contribution in [-0.2, 0) is 12.7 Å². The lowest BCUT2D eigenvalue weighted by molar-refractivity contribution is -0.137. The lowest BCUT2D eigenvalue weighted by Crippen LogP contribution is -2.56. The summed E-state index contributed by atoms with van der Waals surface area (Å²) >= 11 is 0. The Bertz CT molecular complexity index is 470. The molecule has 0 aliphatic carbocycles. The van der Waals surface area contributed by atoms with Gasteiger partial charge in [-0.1, -0.05) is 19.9 Å². The van der Waals surface area contributed by atoms with E-state index in [9.17, 15) is 13.2 Å². The zero-order valence-corrected chi connectivity index (χ0v) is 11.9. The highest BCUT2D eigenvalue weighted by molar-refractivity contribution is 5.58. The molecular formula is C15H21F3N2. The van der Waals surface area contributed by atoms with Crippen molar-refractivity contribution < 1.29 is 13.2 Å². The summed E-state index contributed by atoms with van der Waals surface area (Å²) in [7, 11) is 0. The second kappa shape index (κ2) is 5.28. The fourth-order valence-electron chi connectivity index (χ4n) is 2.84. The summed E-state index contributed by atoms with van der Waals surface area (Å²) in [5, 5.41) is 0. The maximum atomic E-state index is 13.2. The third-order valence-corrected chi connectivity index (χ3v) is 4.50. The van der Waals surface area contributed by atoms with Gasteiger partial charge in [-0.3, -0.25) is 0 Å².